The first kappa shape index (κ1) is 25.6. The van der Waals surface area contributed by atoms with Crippen molar-refractivity contribution in [2.75, 3.05) is 11.9 Å². The summed E-state index contributed by atoms with van der Waals surface area (Å²) in [6.45, 7) is 5.68. The Morgan fingerprint density at radius 1 is 1.03 bits per heavy atom. The number of fused-ring (bicyclic) bond motifs is 1. The van der Waals surface area contributed by atoms with Crippen molar-refractivity contribution in [1.29, 1.82) is 0 Å². The summed E-state index contributed by atoms with van der Waals surface area (Å²) >= 11 is 2.70. The van der Waals surface area contributed by atoms with Gasteiger partial charge in [0.25, 0.3) is 5.56 Å². The van der Waals surface area contributed by atoms with Gasteiger partial charge in [-0.2, -0.15) is 0 Å². The average Bonchev–Trinajstić information content (AvgIpc) is 3.48. The molecule has 5 aromatic rings. The molecule has 3 aromatic heterocycles. The molecule has 0 radical (unpaired) electrons. The lowest BCUT2D eigenvalue weighted by atomic mass is 10.0. The van der Waals surface area contributed by atoms with Crippen LogP contribution in [0.2, 0.25) is 0 Å². The van der Waals surface area contributed by atoms with Crippen LogP contribution in [-0.4, -0.2) is 28.0 Å². The Morgan fingerprint density at radius 2 is 1.76 bits per heavy atom. The van der Waals surface area contributed by atoms with Crippen molar-refractivity contribution in [1.82, 2.24) is 9.55 Å². The maximum Gasteiger partial charge on any atom is 0.341 e. The van der Waals surface area contributed by atoms with Gasteiger partial charge in [-0.25, -0.2) is 9.78 Å². The van der Waals surface area contributed by atoms with E-state index in [1.807, 2.05) is 73.8 Å². The molecule has 0 spiro atoms. The monoisotopic (exact) mass is 543 g/mol. The van der Waals surface area contributed by atoms with E-state index in [4.69, 9.17) is 4.74 Å². The van der Waals surface area contributed by atoms with Crippen molar-refractivity contribution >= 4 is 49.8 Å². The summed E-state index contributed by atoms with van der Waals surface area (Å²) in [6.07, 6.45) is 1.40. The normalized spacial score (nSPS) is 11.0. The van der Waals surface area contributed by atoms with E-state index < -0.39 is 11.9 Å². The molecule has 0 atom stereocenters. The third-order valence-corrected chi connectivity index (χ3v) is 8.03. The number of hydrogen-bond donors (Lipinski definition) is 1. The van der Waals surface area contributed by atoms with Crippen LogP contribution in [0.15, 0.2) is 71.1 Å². The fourth-order valence-electron chi connectivity index (χ4n) is 4.32. The molecule has 0 unspecified atom stereocenters. The van der Waals surface area contributed by atoms with Gasteiger partial charge in [0.15, 0.2) is 0 Å². The Balaban J connectivity index is 1.47. The van der Waals surface area contributed by atoms with Crippen LogP contribution >= 0.6 is 22.7 Å². The zero-order valence-corrected chi connectivity index (χ0v) is 22.7. The summed E-state index contributed by atoms with van der Waals surface area (Å²) in [5, 5.41) is 5.51. The van der Waals surface area contributed by atoms with E-state index in [2.05, 4.69) is 10.3 Å². The SMILES string of the molecule is CCOC(=O)c1c(-c2ccccc2)csc1NC(=O)Cn1cnc2sc(C)c(-c3ccc(C)cc3)c2c1=O. The van der Waals surface area contributed by atoms with Crippen molar-refractivity contribution in [3.8, 4) is 22.3 Å². The molecule has 3 heterocycles. The second-order valence-corrected chi connectivity index (χ2v) is 10.8. The predicted octanol–water partition coefficient (Wildman–Crippen LogP) is 6.29. The Labute approximate surface area is 227 Å². The smallest absolute Gasteiger partial charge is 0.341 e. The number of aryl methyl sites for hydroxylation is 2. The molecule has 9 heteroatoms. The number of benzene rings is 2. The third-order valence-electron chi connectivity index (χ3n) is 6.12. The molecule has 0 fully saturated rings. The van der Waals surface area contributed by atoms with E-state index in [1.54, 1.807) is 6.92 Å². The van der Waals surface area contributed by atoms with Crippen LogP contribution in [0.3, 0.4) is 0 Å². The predicted molar refractivity (Wildman–Crippen MR) is 153 cm³/mol. The molecule has 0 bridgehead atoms. The fourth-order valence-corrected chi connectivity index (χ4v) is 6.30. The van der Waals surface area contributed by atoms with Crippen molar-refractivity contribution in [3.63, 3.8) is 0 Å². The topological polar surface area (TPSA) is 90.3 Å². The number of carbonyl (C=O) groups excluding carboxylic acids is 2. The minimum absolute atomic E-state index is 0.209. The molecule has 0 aliphatic carbocycles. The number of nitrogens with zero attached hydrogens (tertiary/aromatic N) is 2. The molecular formula is C29H25N3O4S2. The first-order valence-corrected chi connectivity index (χ1v) is 13.8. The fraction of sp³-hybridized carbons (Fsp3) is 0.172. The number of rotatable bonds is 7. The molecule has 5 rings (SSSR count). The van der Waals surface area contributed by atoms with Crippen LogP contribution in [0.5, 0.6) is 0 Å². The van der Waals surface area contributed by atoms with Gasteiger partial charge in [-0.1, -0.05) is 60.2 Å². The van der Waals surface area contributed by atoms with Crippen molar-refractivity contribution in [2.24, 2.45) is 0 Å². The van der Waals surface area contributed by atoms with E-state index in [1.165, 1.54) is 33.6 Å². The number of esters is 1. The third kappa shape index (κ3) is 4.90. The maximum absolute atomic E-state index is 13.5. The maximum atomic E-state index is 13.5. The highest BCUT2D eigenvalue weighted by Crippen LogP contribution is 2.37. The lowest BCUT2D eigenvalue weighted by molar-refractivity contribution is -0.116. The summed E-state index contributed by atoms with van der Waals surface area (Å²) in [6, 6.07) is 17.4. The molecule has 38 heavy (non-hydrogen) atoms. The Hall–Kier alpha value is -4.08. The first-order chi connectivity index (χ1) is 18.4. The molecule has 1 amide bonds. The first-order valence-electron chi connectivity index (χ1n) is 12.1. The van der Waals surface area contributed by atoms with Gasteiger partial charge in [0.2, 0.25) is 5.91 Å². The van der Waals surface area contributed by atoms with Gasteiger partial charge in [0.1, 0.15) is 21.9 Å². The molecule has 0 aliphatic rings. The highest BCUT2D eigenvalue weighted by molar-refractivity contribution is 7.19. The number of carbonyl (C=O) groups is 2. The van der Waals surface area contributed by atoms with Crippen molar-refractivity contribution in [3.05, 3.63) is 92.7 Å². The van der Waals surface area contributed by atoms with Gasteiger partial charge in [-0.15, -0.1) is 22.7 Å². The number of aromatic nitrogens is 2. The second kappa shape index (κ2) is 10.7. The standard InChI is InChI=1S/C29H25N3O4S2/c1-4-36-29(35)24-21(19-8-6-5-7-9-19)15-37-27(24)31-22(33)14-32-16-30-26-25(28(32)34)23(18(3)38-26)20-12-10-17(2)11-13-20/h5-13,15-16H,4,14H2,1-3H3,(H,31,33). The average molecular weight is 544 g/mol. The van der Waals surface area contributed by atoms with E-state index >= 15 is 0 Å². The minimum atomic E-state index is -0.514. The largest absolute Gasteiger partial charge is 0.462 e. The number of ether oxygens (including phenoxy) is 1. The minimum Gasteiger partial charge on any atom is -0.462 e. The van der Waals surface area contributed by atoms with Gasteiger partial charge < -0.3 is 10.1 Å². The van der Waals surface area contributed by atoms with Gasteiger partial charge in [-0.3, -0.25) is 14.2 Å². The number of nitrogens with one attached hydrogen (secondary N) is 1. The van der Waals surface area contributed by atoms with Crippen molar-refractivity contribution in [2.45, 2.75) is 27.3 Å². The summed E-state index contributed by atoms with van der Waals surface area (Å²) in [4.78, 5) is 45.5. The summed E-state index contributed by atoms with van der Waals surface area (Å²) in [7, 11) is 0. The molecule has 2 aromatic carbocycles. The highest BCUT2D eigenvalue weighted by atomic mass is 32.1. The van der Waals surface area contributed by atoms with Crippen LogP contribution in [0.25, 0.3) is 32.5 Å². The molecular weight excluding hydrogens is 518 g/mol. The van der Waals surface area contributed by atoms with Crippen LogP contribution < -0.4 is 10.9 Å². The lowest BCUT2D eigenvalue weighted by Crippen LogP contribution is -2.28. The Bertz CT molecular complexity index is 1700. The van der Waals surface area contributed by atoms with E-state index in [0.29, 0.717) is 26.3 Å². The zero-order valence-electron chi connectivity index (χ0n) is 21.1. The Kier molecular flexibility index (Phi) is 7.22. The summed E-state index contributed by atoms with van der Waals surface area (Å²) in [5.74, 6) is -0.955. The molecule has 0 aliphatic heterocycles. The number of anilines is 1. The lowest BCUT2D eigenvalue weighted by Gasteiger charge is -2.10. The molecule has 0 saturated carbocycles. The second-order valence-electron chi connectivity index (χ2n) is 8.75. The molecule has 7 nitrogen and oxygen atoms in total. The van der Waals surface area contributed by atoms with Gasteiger partial charge >= 0.3 is 5.97 Å². The summed E-state index contributed by atoms with van der Waals surface area (Å²) in [5.41, 5.74) is 4.44. The van der Waals surface area contributed by atoms with Gasteiger partial charge in [0, 0.05) is 21.4 Å². The van der Waals surface area contributed by atoms with E-state index in [0.717, 1.165) is 27.1 Å². The zero-order chi connectivity index (χ0) is 26.8. The number of thiophene rings is 2. The van der Waals surface area contributed by atoms with Crippen LogP contribution in [0, 0.1) is 13.8 Å². The molecule has 1 N–H and O–H groups in total. The number of amides is 1. The van der Waals surface area contributed by atoms with Crippen LogP contribution in [0.4, 0.5) is 5.00 Å². The Morgan fingerprint density at radius 3 is 2.47 bits per heavy atom. The number of hydrogen-bond acceptors (Lipinski definition) is 7. The summed E-state index contributed by atoms with van der Waals surface area (Å²) < 4.78 is 6.58. The van der Waals surface area contributed by atoms with E-state index in [-0.39, 0.29) is 18.7 Å². The molecule has 192 valence electrons. The highest BCUT2D eigenvalue weighted by Gasteiger charge is 2.23. The van der Waals surface area contributed by atoms with Gasteiger partial charge in [-0.05, 0) is 31.9 Å². The van der Waals surface area contributed by atoms with Crippen LogP contribution in [0.1, 0.15) is 27.7 Å². The van der Waals surface area contributed by atoms with Gasteiger partial charge in [0.05, 0.1) is 18.3 Å². The van der Waals surface area contributed by atoms with Crippen LogP contribution in [-0.2, 0) is 16.1 Å². The van der Waals surface area contributed by atoms with Crippen molar-refractivity contribution < 1.29 is 14.3 Å². The quantitative estimate of drug-likeness (QED) is 0.244. The molecule has 0 saturated heterocycles. The van der Waals surface area contributed by atoms with E-state index in [9.17, 15) is 14.4 Å².